The number of rotatable bonds is 3. The second-order valence-electron chi connectivity index (χ2n) is 5.83. The molecule has 0 atom stereocenters. The summed E-state index contributed by atoms with van der Waals surface area (Å²) in [4.78, 5) is 28.8. The second-order valence-corrected chi connectivity index (χ2v) is 6.23. The first-order chi connectivity index (χ1) is 11.8. The lowest BCUT2D eigenvalue weighted by molar-refractivity contribution is -0.116. The average Bonchev–Trinajstić information content (AvgIpc) is 2.56. The quantitative estimate of drug-likeness (QED) is 0.779. The summed E-state index contributed by atoms with van der Waals surface area (Å²) >= 11 is 5.73. The number of nitrogens with zero attached hydrogens (tertiary/aromatic N) is 2. The number of hydrogen-bond acceptors (Lipinski definition) is 3. The third-order valence-electron chi connectivity index (χ3n) is 3.85. The number of fused-ring (bicyclic) bond motifs is 1. The lowest BCUT2D eigenvalue weighted by Gasteiger charge is -2.11. The maximum atomic E-state index is 13.5. The highest BCUT2D eigenvalue weighted by Crippen LogP contribution is 2.19. The van der Waals surface area contributed by atoms with Crippen LogP contribution in [-0.4, -0.2) is 15.5 Å². The van der Waals surface area contributed by atoms with Crippen molar-refractivity contribution < 1.29 is 9.18 Å². The van der Waals surface area contributed by atoms with Gasteiger partial charge in [0.1, 0.15) is 12.4 Å². The molecule has 0 spiro atoms. The Hall–Kier alpha value is -2.73. The fourth-order valence-corrected chi connectivity index (χ4v) is 2.64. The Morgan fingerprint density at radius 3 is 2.80 bits per heavy atom. The third kappa shape index (κ3) is 3.53. The molecule has 0 aliphatic heterocycles. The zero-order chi connectivity index (χ0) is 18.1. The summed E-state index contributed by atoms with van der Waals surface area (Å²) in [6.45, 7) is 3.61. The van der Waals surface area contributed by atoms with Crippen LogP contribution in [0.4, 0.5) is 10.1 Å². The predicted octanol–water partition coefficient (Wildman–Crippen LogP) is 3.44. The molecule has 1 heterocycles. The smallest absolute Gasteiger partial charge is 0.261 e. The van der Waals surface area contributed by atoms with Crippen molar-refractivity contribution in [3.05, 3.63) is 69.0 Å². The summed E-state index contributed by atoms with van der Waals surface area (Å²) in [5.41, 5.74) is 2.37. The third-order valence-corrected chi connectivity index (χ3v) is 4.14. The summed E-state index contributed by atoms with van der Waals surface area (Å²) < 4.78 is 14.6. The molecule has 0 aliphatic rings. The molecule has 5 nitrogen and oxygen atoms in total. The zero-order valence-corrected chi connectivity index (χ0v) is 14.4. The summed E-state index contributed by atoms with van der Waals surface area (Å²) in [6.07, 6.45) is 1.22. The van der Waals surface area contributed by atoms with Gasteiger partial charge in [-0.3, -0.25) is 14.2 Å². The molecule has 1 aromatic heterocycles. The number of benzene rings is 2. The summed E-state index contributed by atoms with van der Waals surface area (Å²) in [5.74, 6) is -1.00. The molecule has 0 radical (unpaired) electrons. The lowest BCUT2D eigenvalue weighted by atomic mass is 10.1. The highest BCUT2D eigenvalue weighted by molar-refractivity contribution is 6.31. The van der Waals surface area contributed by atoms with Crippen LogP contribution in [0.2, 0.25) is 5.02 Å². The van der Waals surface area contributed by atoms with Gasteiger partial charge >= 0.3 is 0 Å². The van der Waals surface area contributed by atoms with Crippen molar-refractivity contribution in [3.63, 3.8) is 0 Å². The molecular formula is C18H15ClFN3O2. The van der Waals surface area contributed by atoms with Gasteiger partial charge in [0.25, 0.3) is 5.56 Å². The van der Waals surface area contributed by atoms with Crippen molar-refractivity contribution in [2.45, 2.75) is 20.4 Å². The van der Waals surface area contributed by atoms with Crippen LogP contribution in [0.15, 0.2) is 41.5 Å². The van der Waals surface area contributed by atoms with E-state index in [0.717, 1.165) is 21.8 Å². The lowest BCUT2D eigenvalue weighted by Crippen LogP contribution is -2.28. The largest absolute Gasteiger partial charge is 0.324 e. The molecule has 128 valence electrons. The van der Waals surface area contributed by atoms with Crippen molar-refractivity contribution in [1.82, 2.24) is 9.55 Å². The van der Waals surface area contributed by atoms with Crippen LogP contribution in [-0.2, 0) is 11.3 Å². The Labute approximate surface area is 148 Å². The summed E-state index contributed by atoms with van der Waals surface area (Å²) in [5, 5.41) is 2.78. The Balaban J connectivity index is 1.89. The van der Waals surface area contributed by atoms with Crippen molar-refractivity contribution in [1.29, 1.82) is 0 Å². The van der Waals surface area contributed by atoms with Crippen LogP contribution >= 0.6 is 11.6 Å². The van der Waals surface area contributed by atoms with E-state index in [1.165, 1.54) is 12.4 Å². The normalized spacial score (nSPS) is 10.9. The van der Waals surface area contributed by atoms with Gasteiger partial charge in [-0.15, -0.1) is 0 Å². The Morgan fingerprint density at radius 1 is 1.28 bits per heavy atom. The van der Waals surface area contributed by atoms with Gasteiger partial charge in [0.15, 0.2) is 0 Å². The fourth-order valence-electron chi connectivity index (χ4n) is 2.48. The van der Waals surface area contributed by atoms with Crippen LogP contribution in [0.1, 0.15) is 11.1 Å². The van der Waals surface area contributed by atoms with E-state index in [2.05, 4.69) is 10.3 Å². The van der Waals surface area contributed by atoms with Gasteiger partial charge in [-0.25, -0.2) is 9.37 Å². The number of carbonyl (C=O) groups is 1. The van der Waals surface area contributed by atoms with Gasteiger partial charge < -0.3 is 5.32 Å². The summed E-state index contributed by atoms with van der Waals surface area (Å²) in [6, 6.07) is 8.04. The Morgan fingerprint density at radius 2 is 2.04 bits per heavy atom. The number of carbonyl (C=O) groups excluding carboxylic acids is 1. The van der Waals surface area contributed by atoms with Crippen molar-refractivity contribution in [2.75, 3.05) is 5.32 Å². The van der Waals surface area contributed by atoms with E-state index in [0.29, 0.717) is 5.69 Å². The zero-order valence-electron chi connectivity index (χ0n) is 13.6. The van der Waals surface area contributed by atoms with E-state index < -0.39 is 11.4 Å². The minimum absolute atomic E-state index is 0.161. The molecule has 0 bridgehead atoms. The number of halogens is 2. The molecule has 0 fully saturated rings. The van der Waals surface area contributed by atoms with Crippen molar-refractivity contribution >= 4 is 34.1 Å². The first-order valence-electron chi connectivity index (χ1n) is 7.56. The first kappa shape index (κ1) is 17.1. The average molecular weight is 360 g/mol. The van der Waals surface area contributed by atoms with Crippen molar-refractivity contribution in [3.8, 4) is 0 Å². The molecule has 7 heteroatoms. The van der Waals surface area contributed by atoms with Crippen LogP contribution in [0.3, 0.4) is 0 Å². The van der Waals surface area contributed by atoms with Gasteiger partial charge in [-0.2, -0.15) is 0 Å². The minimum atomic E-state index is -0.647. The van der Waals surface area contributed by atoms with Gasteiger partial charge in [-0.05, 0) is 37.1 Å². The molecule has 1 amide bonds. The molecule has 0 aliphatic carbocycles. The predicted molar refractivity (Wildman–Crippen MR) is 95.5 cm³/mol. The highest BCUT2D eigenvalue weighted by atomic mass is 35.5. The number of aryl methyl sites for hydroxylation is 2. The Bertz CT molecular complexity index is 1050. The number of hydrogen-bond donors (Lipinski definition) is 1. The van der Waals surface area contributed by atoms with Gasteiger partial charge in [0, 0.05) is 11.8 Å². The summed E-state index contributed by atoms with van der Waals surface area (Å²) in [7, 11) is 0. The fraction of sp³-hybridized carbons (Fsp3) is 0.167. The molecule has 0 unspecified atom stereocenters. The van der Waals surface area contributed by atoms with E-state index in [1.807, 2.05) is 32.0 Å². The van der Waals surface area contributed by atoms with Crippen LogP contribution < -0.4 is 10.9 Å². The molecule has 25 heavy (non-hydrogen) atoms. The van der Waals surface area contributed by atoms with E-state index in [1.54, 1.807) is 0 Å². The van der Waals surface area contributed by atoms with Gasteiger partial charge in [0.05, 0.1) is 22.3 Å². The Kier molecular flexibility index (Phi) is 4.55. The topological polar surface area (TPSA) is 64.0 Å². The van der Waals surface area contributed by atoms with Crippen LogP contribution in [0, 0.1) is 19.7 Å². The number of nitrogens with one attached hydrogen (secondary N) is 1. The van der Waals surface area contributed by atoms with E-state index in [9.17, 15) is 14.0 Å². The van der Waals surface area contributed by atoms with Crippen molar-refractivity contribution in [2.24, 2.45) is 0 Å². The minimum Gasteiger partial charge on any atom is -0.324 e. The molecule has 1 N–H and O–H groups in total. The van der Waals surface area contributed by atoms with Gasteiger partial charge in [-0.1, -0.05) is 23.7 Å². The van der Waals surface area contributed by atoms with Gasteiger partial charge in [0.2, 0.25) is 5.91 Å². The number of anilines is 1. The maximum Gasteiger partial charge on any atom is 0.261 e. The maximum absolute atomic E-state index is 13.5. The van der Waals surface area contributed by atoms with E-state index in [-0.39, 0.29) is 28.4 Å². The molecule has 3 aromatic rings. The number of amides is 1. The van der Waals surface area contributed by atoms with E-state index in [4.69, 9.17) is 11.6 Å². The molecule has 2 aromatic carbocycles. The highest BCUT2D eigenvalue weighted by Gasteiger charge is 2.12. The van der Waals surface area contributed by atoms with E-state index >= 15 is 0 Å². The van der Waals surface area contributed by atoms with Crippen LogP contribution in [0.5, 0.6) is 0 Å². The van der Waals surface area contributed by atoms with Crippen LogP contribution in [0.25, 0.3) is 10.9 Å². The molecule has 3 rings (SSSR count). The standard InChI is InChI=1S/C18H15ClFN3O2/c1-10-3-4-11(2)15(5-10)22-17(24)8-23-9-21-16-7-14(20)13(19)6-12(16)18(23)25/h3-7,9H,8H2,1-2H3,(H,22,24). The monoisotopic (exact) mass is 359 g/mol. The molecular weight excluding hydrogens is 345 g/mol. The number of aromatic nitrogens is 2. The molecule has 0 saturated heterocycles. The molecule has 0 saturated carbocycles. The SMILES string of the molecule is Cc1ccc(C)c(NC(=O)Cn2cnc3cc(F)c(Cl)cc3c2=O)c1. The first-order valence-corrected chi connectivity index (χ1v) is 7.94. The second kappa shape index (κ2) is 6.64.